The third kappa shape index (κ3) is 6.10. The normalized spacial score (nSPS) is 11.4. The number of hydrogen-bond donors (Lipinski definition) is 1. The highest BCUT2D eigenvalue weighted by Gasteiger charge is 2.21. The van der Waals surface area contributed by atoms with Gasteiger partial charge in [0.05, 0.1) is 4.92 Å². The quantitative estimate of drug-likeness (QED) is 0.447. The maximum Gasteiger partial charge on any atom is 0.328 e. The molecule has 0 bridgehead atoms. The summed E-state index contributed by atoms with van der Waals surface area (Å²) in [4.78, 5) is 23.6. The minimum absolute atomic E-state index is 0.00108. The number of nitro benzene ring substituents is 1. The summed E-state index contributed by atoms with van der Waals surface area (Å²) in [6.45, 7) is 9.74. The minimum Gasteiger partial charge on any atom is -0.478 e. The molecule has 0 saturated heterocycles. The van der Waals surface area contributed by atoms with Crippen molar-refractivity contribution in [2.75, 3.05) is 18.0 Å². The zero-order valence-electron chi connectivity index (χ0n) is 14.0. The van der Waals surface area contributed by atoms with Crippen molar-refractivity contribution in [3.8, 4) is 0 Å². The average Bonchev–Trinajstić information content (AvgIpc) is 2.43. The molecule has 0 unspecified atom stereocenters. The van der Waals surface area contributed by atoms with E-state index in [2.05, 4.69) is 27.7 Å². The number of rotatable bonds is 8. The molecule has 126 valence electrons. The van der Waals surface area contributed by atoms with Crippen LogP contribution in [0.3, 0.4) is 0 Å². The van der Waals surface area contributed by atoms with E-state index in [4.69, 9.17) is 5.11 Å². The van der Waals surface area contributed by atoms with E-state index < -0.39 is 10.9 Å². The Labute approximate surface area is 136 Å². The smallest absolute Gasteiger partial charge is 0.328 e. The summed E-state index contributed by atoms with van der Waals surface area (Å²) in [6, 6.07) is 4.82. The Morgan fingerprint density at radius 2 is 1.83 bits per heavy atom. The first-order valence-electron chi connectivity index (χ1n) is 7.65. The maximum absolute atomic E-state index is 11.4. The molecule has 1 rings (SSSR count). The Bertz CT molecular complexity index is 584. The fourth-order valence-electron chi connectivity index (χ4n) is 2.38. The molecule has 1 N–H and O–H groups in total. The van der Waals surface area contributed by atoms with E-state index in [9.17, 15) is 14.9 Å². The number of aliphatic carboxylic acids is 1. The molecule has 0 saturated carbocycles. The Hall–Kier alpha value is -2.37. The highest BCUT2D eigenvalue weighted by Crippen LogP contribution is 2.31. The van der Waals surface area contributed by atoms with E-state index in [1.165, 1.54) is 12.1 Å². The van der Waals surface area contributed by atoms with Crippen LogP contribution >= 0.6 is 0 Å². The molecule has 1 aromatic carbocycles. The second kappa shape index (κ2) is 8.31. The van der Waals surface area contributed by atoms with Crippen molar-refractivity contribution >= 4 is 23.4 Å². The number of anilines is 1. The molecule has 6 nitrogen and oxygen atoms in total. The lowest BCUT2D eigenvalue weighted by molar-refractivity contribution is -0.384. The van der Waals surface area contributed by atoms with Crippen LogP contribution in [0, 0.1) is 22.0 Å². The van der Waals surface area contributed by atoms with Gasteiger partial charge in [-0.3, -0.25) is 10.1 Å². The molecule has 0 aromatic heterocycles. The third-order valence-corrected chi connectivity index (χ3v) is 3.13. The van der Waals surface area contributed by atoms with Crippen molar-refractivity contribution in [1.82, 2.24) is 0 Å². The van der Waals surface area contributed by atoms with E-state index in [0.717, 1.165) is 19.2 Å². The largest absolute Gasteiger partial charge is 0.478 e. The van der Waals surface area contributed by atoms with E-state index in [0.29, 0.717) is 23.1 Å². The molecular weight excluding hydrogens is 296 g/mol. The van der Waals surface area contributed by atoms with Crippen LogP contribution in [-0.2, 0) is 4.79 Å². The fourth-order valence-corrected chi connectivity index (χ4v) is 2.38. The Morgan fingerprint density at radius 3 is 2.26 bits per heavy atom. The zero-order valence-corrected chi connectivity index (χ0v) is 14.0. The molecule has 0 aliphatic heterocycles. The Kier molecular flexibility index (Phi) is 6.75. The van der Waals surface area contributed by atoms with Crippen LogP contribution in [0.15, 0.2) is 24.3 Å². The lowest BCUT2D eigenvalue weighted by Crippen LogP contribution is -2.31. The molecule has 0 fully saturated rings. The van der Waals surface area contributed by atoms with Crippen LogP contribution in [-0.4, -0.2) is 29.1 Å². The topological polar surface area (TPSA) is 83.7 Å². The first-order valence-corrected chi connectivity index (χ1v) is 7.65. The second-order valence-electron chi connectivity index (χ2n) is 6.37. The van der Waals surface area contributed by atoms with Crippen molar-refractivity contribution in [2.45, 2.75) is 27.7 Å². The van der Waals surface area contributed by atoms with Gasteiger partial charge in [-0.25, -0.2) is 4.79 Å². The highest BCUT2D eigenvalue weighted by atomic mass is 16.6. The summed E-state index contributed by atoms with van der Waals surface area (Å²) in [6.07, 6.45) is 2.33. The summed E-state index contributed by atoms with van der Waals surface area (Å²) < 4.78 is 0. The third-order valence-electron chi connectivity index (χ3n) is 3.13. The molecule has 1 aromatic rings. The van der Waals surface area contributed by atoms with Crippen LogP contribution in [0.2, 0.25) is 0 Å². The maximum atomic E-state index is 11.4. The van der Waals surface area contributed by atoms with Crippen LogP contribution < -0.4 is 4.90 Å². The van der Waals surface area contributed by atoms with Gasteiger partial charge in [0.1, 0.15) is 5.69 Å². The van der Waals surface area contributed by atoms with E-state index in [1.54, 1.807) is 12.1 Å². The number of hydrogen-bond acceptors (Lipinski definition) is 4. The zero-order chi connectivity index (χ0) is 17.6. The summed E-state index contributed by atoms with van der Waals surface area (Å²) >= 11 is 0. The van der Waals surface area contributed by atoms with Crippen LogP contribution in [0.4, 0.5) is 11.4 Å². The second-order valence-corrected chi connectivity index (χ2v) is 6.37. The number of nitrogens with zero attached hydrogens (tertiary/aromatic N) is 2. The molecule has 0 aliphatic rings. The Morgan fingerprint density at radius 1 is 1.26 bits per heavy atom. The van der Waals surface area contributed by atoms with Gasteiger partial charge in [-0.2, -0.15) is 0 Å². The van der Waals surface area contributed by atoms with E-state index in [1.807, 2.05) is 4.90 Å². The monoisotopic (exact) mass is 320 g/mol. The van der Waals surface area contributed by atoms with Gasteiger partial charge in [0, 0.05) is 25.2 Å². The summed E-state index contributed by atoms with van der Waals surface area (Å²) in [5.74, 6) is -0.335. The van der Waals surface area contributed by atoms with Gasteiger partial charge in [-0.15, -0.1) is 0 Å². The lowest BCUT2D eigenvalue weighted by Gasteiger charge is -2.28. The highest BCUT2D eigenvalue weighted by molar-refractivity contribution is 5.85. The molecule has 6 heteroatoms. The van der Waals surface area contributed by atoms with Gasteiger partial charge in [0.2, 0.25) is 0 Å². The number of carbonyl (C=O) groups is 1. The van der Waals surface area contributed by atoms with Gasteiger partial charge in [-0.05, 0) is 29.5 Å². The van der Waals surface area contributed by atoms with Crippen molar-refractivity contribution in [1.29, 1.82) is 0 Å². The van der Waals surface area contributed by atoms with Crippen molar-refractivity contribution in [3.63, 3.8) is 0 Å². The number of nitro groups is 1. The van der Waals surface area contributed by atoms with E-state index in [-0.39, 0.29) is 5.69 Å². The summed E-state index contributed by atoms with van der Waals surface area (Å²) in [5.41, 5.74) is 1.07. The average molecular weight is 320 g/mol. The minimum atomic E-state index is -1.09. The molecule has 0 amide bonds. The van der Waals surface area contributed by atoms with Gasteiger partial charge in [0.25, 0.3) is 5.69 Å². The number of carboxylic acid groups (broad SMARTS) is 1. The molecule has 23 heavy (non-hydrogen) atoms. The van der Waals surface area contributed by atoms with Crippen molar-refractivity contribution < 1.29 is 14.8 Å². The summed E-state index contributed by atoms with van der Waals surface area (Å²) in [7, 11) is 0. The molecule has 0 radical (unpaired) electrons. The van der Waals surface area contributed by atoms with Gasteiger partial charge in [-0.1, -0.05) is 33.8 Å². The number of benzene rings is 1. The predicted octanol–water partition coefficient (Wildman–Crippen LogP) is 3.81. The van der Waals surface area contributed by atoms with Crippen LogP contribution in [0.25, 0.3) is 6.08 Å². The summed E-state index contributed by atoms with van der Waals surface area (Å²) in [5, 5.41) is 20.1. The molecule has 0 spiro atoms. The van der Waals surface area contributed by atoms with Gasteiger partial charge in [0.15, 0.2) is 0 Å². The molecule has 0 atom stereocenters. The Balaban J connectivity index is 3.25. The van der Waals surface area contributed by atoms with Gasteiger partial charge < -0.3 is 10.0 Å². The standard InChI is InChI=1S/C17H24N2O4/c1-12(2)10-18(11-13(3)4)15-7-5-14(6-8-17(20)21)9-16(15)19(22)23/h5-9,12-13H,10-11H2,1-4H3,(H,20,21)/b8-6+. The van der Waals surface area contributed by atoms with Crippen LogP contribution in [0.1, 0.15) is 33.3 Å². The molecule has 0 aliphatic carbocycles. The lowest BCUT2D eigenvalue weighted by atomic mass is 10.1. The first-order chi connectivity index (χ1) is 10.7. The van der Waals surface area contributed by atoms with Gasteiger partial charge >= 0.3 is 5.97 Å². The number of carboxylic acids is 1. The first kappa shape index (κ1) is 18.7. The fraction of sp³-hybridized carbons (Fsp3) is 0.471. The predicted molar refractivity (Wildman–Crippen MR) is 91.7 cm³/mol. The molecule has 0 heterocycles. The van der Waals surface area contributed by atoms with Crippen molar-refractivity contribution in [2.24, 2.45) is 11.8 Å². The SMILES string of the molecule is CC(C)CN(CC(C)C)c1ccc(/C=C/C(=O)O)cc1[N+](=O)[O-]. The van der Waals surface area contributed by atoms with Crippen molar-refractivity contribution in [3.05, 3.63) is 40.0 Å². The van der Waals surface area contributed by atoms with Crippen LogP contribution in [0.5, 0.6) is 0 Å². The van der Waals surface area contributed by atoms with E-state index >= 15 is 0 Å². The molecular formula is C17H24N2O4.